The number of hydrogen-bond donors (Lipinski definition) is 2. The van der Waals surface area contributed by atoms with Crippen molar-refractivity contribution < 1.29 is 4.79 Å². The second-order valence-electron chi connectivity index (χ2n) is 9.62. The van der Waals surface area contributed by atoms with E-state index in [2.05, 4.69) is 83.8 Å². The van der Waals surface area contributed by atoms with E-state index in [4.69, 9.17) is 0 Å². The number of fused-ring (bicyclic) bond motifs is 2. The summed E-state index contributed by atoms with van der Waals surface area (Å²) in [7, 11) is 0. The molecule has 2 N–H and O–H groups in total. The van der Waals surface area contributed by atoms with E-state index in [1.165, 1.54) is 27.6 Å². The van der Waals surface area contributed by atoms with Crippen LogP contribution in [0.2, 0.25) is 0 Å². The summed E-state index contributed by atoms with van der Waals surface area (Å²) in [4.78, 5) is 20.8. The molecule has 2 aliphatic rings. The third-order valence-electron chi connectivity index (χ3n) is 7.70. The fourth-order valence-electron chi connectivity index (χ4n) is 5.94. The first kappa shape index (κ1) is 22.2. The third kappa shape index (κ3) is 4.44. The minimum atomic E-state index is 0.274. The minimum Gasteiger partial charge on any atom is -0.361 e. The van der Waals surface area contributed by atoms with E-state index in [1.807, 2.05) is 4.90 Å². The molecule has 2 aromatic carbocycles. The minimum absolute atomic E-state index is 0.274. The van der Waals surface area contributed by atoms with Gasteiger partial charge >= 0.3 is 0 Å². The molecule has 3 unspecified atom stereocenters. The number of amides is 1. The van der Waals surface area contributed by atoms with Gasteiger partial charge in [-0.2, -0.15) is 0 Å². The highest BCUT2D eigenvalue weighted by Crippen LogP contribution is 2.40. The molecule has 5 rings (SSSR count). The van der Waals surface area contributed by atoms with E-state index in [0.717, 1.165) is 45.7 Å². The van der Waals surface area contributed by atoms with Crippen LogP contribution >= 0.6 is 0 Å². The molecule has 5 nitrogen and oxygen atoms in total. The predicted octanol–water partition coefficient (Wildman–Crippen LogP) is 4.47. The first-order valence-corrected chi connectivity index (χ1v) is 12.5. The zero-order chi connectivity index (χ0) is 22.8. The van der Waals surface area contributed by atoms with E-state index in [-0.39, 0.29) is 5.91 Å². The second kappa shape index (κ2) is 9.70. The number of H-pyrrole nitrogens is 1. The second-order valence-corrected chi connectivity index (χ2v) is 9.62. The van der Waals surface area contributed by atoms with Crippen LogP contribution in [0.25, 0.3) is 10.9 Å². The Labute approximate surface area is 197 Å². The number of carbonyl (C=O) groups is 1. The molecule has 1 amide bonds. The van der Waals surface area contributed by atoms with E-state index in [9.17, 15) is 4.79 Å². The molecule has 0 radical (unpaired) electrons. The maximum absolute atomic E-state index is 12.7. The summed E-state index contributed by atoms with van der Waals surface area (Å²) in [5.74, 6) is 1.09. The SMILES string of the molecule is CCN(CC)C(=O)CCC1CNC2CN(Cc3ccccc3)CC2c2c[nH]c3cccc1c23. The van der Waals surface area contributed by atoms with Crippen molar-refractivity contribution in [3.63, 3.8) is 0 Å². The Bertz CT molecular complexity index is 1090. The molecule has 3 heterocycles. The summed E-state index contributed by atoms with van der Waals surface area (Å²) < 4.78 is 0. The van der Waals surface area contributed by atoms with Gasteiger partial charge < -0.3 is 15.2 Å². The van der Waals surface area contributed by atoms with Crippen LogP contribution < -0.4 is 5.32 Å². The lowest BCUT2D eigenvalue weighted by atomic mass is 9.84. The molecule has 1 aromatic heterocycles. The molecule has 0 aliphatic carbocycles. The standard InChI is InChI=1S/C28H36N4O/c1-3-32(4-2)27(33)14-13-21-15-29-26-19-31(17-20-9-6-5-7-10-20)18-24(26)23-16-30-25-12-8-11-22(21)28(23)25/h5-12,16,21,24,26,29-30H,3-4,13-15,17-19H2,1-2H3. The number of aromatic nitrogens is 1. The number of likely N-dealkylation sites (tertiary alicyclic amines) is 1. The molecule has 0 spiro atoms. The van der Waals surface area contributed by atoms with E-state index in [1.54, 1.807) is 0 Å². The smallest absolute Gasteiger partial charge is 0.222 e. The van der Waals surface area contributed by atoms with Gasteiger partial charge in [-0.15, -0.1) is 0 Å². The Morgan fingerprint density at radius 3 is 2.64 bits per heavy atom. The van der Waals surface area contributed by atoms with E-state index >= 15 is 0 Å². The number of nitrogens with zero attached hydrogens (tertiary/aromatic N) is 2. The van der Waals surface area contributed by atoms with Crippen LogP contribution in [0.4, 0.5) is 0 Å². The van der Waals surface area contributed by atoms with E-state index in [0.29, 0.717) is 24.3 Å². The topological polar surface area (TPSA) is 51.4 Å². The molecule has 0 bridgehead atoms. The largest absolute Gasteiger partial charge is 0.361 e. The first-order chi connectivity index (χ1) is 16.2. The van der Waals surface area contributed by atoms with Crippen LogP contribution in [0.5, 0.6) is 0 Å². The molecule has 2 aliphatic heterocycles. The van der Waals surface area contributed by atoms with Crippen LogP contribution in [0.15, 0.2) is 54.7 Å². The summed E-state index contributed by atoms with van der Waals surface area (Å²) in [5, 5.41) is 5.32. The summed E-state index contributed by atoms with van der Waals surface area (Å²) in [6.45, 7) is 9.74. The zero-order valence-electron chi connectivity index (χ0n) is 19.9. The fourth-order valence-corrected chi connectivity index (χ4v) is 5.94. The van der Waals surface area contributed by atoms with Crippen molar-refractivity contribution in [3.05, 3.63) is 71.4 Å². The number of aromatic amines is 1. The number of hydrogen-bond acceptors (Lipinski definition) is 3. The Morgan fingerprint density at radius 1 is 1.03 bits per heavy atom. The Hall–Kier alpha value is -2.63. The van der Waals surface area contributed by atoms with Gasteiger partial charge in [0.05, 0.1) is 0 Å². The van der Waals surface area contributed by atoms with Gasteiger partial charge in [0.25, 0.3) is 0 Å². The van der Waals surface area contributed by atoms with Gasteiger partial charge in [-0.1, -0.05) is 42.5 Å². The quantitative estimate of drug-likeness (QED) is 0.565. The molecular weight excluding hydrogens is 408 g/mol. The van der Waals surface area contributed by atoms with Crippen LogP contribution in [0, 0.1) is 0 Å². The monoisotopic (exact) mass is 444 g/mol. The molecule has 33 heavy (non-hydrogen) atoms. The average molecular weight is 445 g/mol. The van der Waals surface area contributed by atoms with Crippen molar-refractivity contribution in [1.82, 2.24) is 20.1 Å². The maximum Gasteiger partial charge on any atom is 0.222 e. The molecule has 174 valence electrons. The molecule has 3 atom stereocenters. The van der Waals surface area contributed by atoms with Gasteiger partial charge in [-0.25, -0.2) is 0 Å². The lowest BCUT2D eigenvalue weighted by Crippen LogP contribution is -2.39. The third-order valence-corrected chi connectivity index (χ3v) is 7.70. The summed E-state index contributed by atoms with van der Waals surface area (Å²) >= 11 is 0. The number of carbonyl (C=O) groups excluding carboxylic acids is 1. The Morgan fingerprint density at radius 2 is 1.85 bits per heavy atom. The van der Waals surface area contributed by atoms with Crippen molar-refractivity contribution in [2.24, 2.45) is 0 Å². The van der Waals surface area contributed by atoms with Crippen molar-refractivity contribution in [1.29, 1.82) is 0 Å². The first-order valence-electron chi connectivity index (χ1n) is 12.5. The van der Waals surface area contributed by atoms with Gasteiger partial charge in [0.15, 0.2) is 0 Å². The average Bonchev–Trinajstić information content (AvgIpc) is 3.43. The molecule has 1 fully saturated rings. The van der Waals surface area contributed by atoms with Crippen LogP contribution in [0.3, 0.4) is 0 Å². The fraction of sp³-hybridized carbons (Fsp3) is 0.464. The lowest BCUT2D eigenvalue weighted by Gasteiger charge is -2.29. The van der Waals surface area contributed by atoms with Gasteiger partial charge in [-0.3, -0.25) is 9.69 Å². The van der Waals surface area contributed by atoms with Crippen molar-refractivity contribution >= 4 is 16.8 Å². The molecule has 0 saturated carbocycles. The highest BCUT2D eigenvalue weighted by Gasteiger charge is 2.37. The molecule has 3 aromatic rings. The van der Waals surface area contributed by atoms with Crippen LogP contribution in [-0.2, 0) is 11.3 Å². The lowest BCUT2D eigenvalue weighted by molar-refractivity contribution is -0.131. The Balaban J connectivity index is 1.40. The molecular formula is C28H36N4O. The van der Waals surface area contributed by atoms with E-state index < -0.39 is 0 Å². The Kier molecular flexibility index (Phi) is 6.52. The highest BCUT2D eigenvalue weighted by molar-refractivity contribution is 5.88. The van der Waals surface area contributed by atoms with Crippen molar-refractivity contribution in [2.45, 2.75) is 51.1 Å². The van der Waals surface area contributed by atoms with Crippen molar-refractivity contribution in [3.8, 4) is 0 Å². The summed E-state index contributed by atoms with van der Waals surface area (Å²) in [5.41, 5.74) is 5.43. The summed E-state index contributed by atoms with van der Waals surface area (Å²) in [6.07, 6.45) is 3.73. The van der Waals surface area contributed by atoms with Gasteiger partial charge in [0.1, 0.15) is 0 Å². The number of rotatable bonds is 7. The summed E-state index contributed by atoms with van der Waals surface area (Å²) in [6, 6.07) is 17.9. The predicted molar refractivity (Wildman–Crippen MR) is 134 cm³/mol. The van der Waals surface area contributed by atoms with Crippen molar-refractivity contribution in [2.75, 3.05) is 32.7 Å². The highest BCUT2D eigenvalue weighted by atomic mass is 16.2. The maximum atomic E-state index is 12.7. The number of benzene rings is 2. The molecule has 1 saturated heterocycles. The zero-order valence-corrected chi connectivity index (χ0v) is 19.9. The number of nitrogens with one attached hydrogen (secondary N) is 2. The van der Waals surface area contributed by atoms with Gasteiger partial charge in [0, 0.05) is 74.7 Å². The van der Waals surface area contributed by atoms with Gasteiger partial charge in [0.2, 0.25) is 5.91 Å². The molecule has 5 heteroatoms. The van der Waals surface area contributed by atoms with Crippen LogP contribution in [-0.4, -0.2) is 59.5 Å². The normalized spacial score (nSPS) is 22.7. The van der Waals surface area contributed by atoms with Crippen LogP contribution in [0.1, 0.15) is 55.2 Å². The van der Waals surface area contributed by atoms with Gasteiger partial charge in [-0.05, 0) is 48.9 Å².